The summed E-state index contributed by atoms with van der Waals surface area (Å²) in [4.78, 5) is 23.6. The Balaban J connectivity index is 1.95. The van der Waals surface area contributed by atoms with E-state index in [0.29, 0.717) is 11.1 Å². The van der Waals surface area contributed by atoms with E-state index in [1.165, 1.54) is 18.1 Å². The number of aliphatic hydroxyl groups excluding tert-OH is 1. The molecule has 8 bridgehead atoms. The van der Waals surface area contributed by atoms with Crippen LogP contribution < -0.4 is 10.7 Å². The molecule has 1 aromatic rings. The lowest BCUT2D eigenvalue weighted by molar-refractivity contribution is -0.130. The summed E-state index contributed by atoms with van der Waals surface area (Å²) >= 11 is 0. The van der Waals surface area contributed by atoms with Crippen molar-refractivity contribution in [2.24, 2.45) is 17.0 Å². The average Bonchev–Trinajstić information content (AvgIpc) is 3.49. The smallest absolute Gasteiger partial charge is 0.201 e. The summed E-state index contributed by atoms with van der Waals surface area (Å²) in [7, 11) is 2.01. The average molecular weight is 538 g/mol. The Kier molecular flexibility index (Phi) is 6.95. The van der Waals surface area contributed by atoms with Crippen molar-refractivity contribution < 1.29 is 15.0 Å². The van der Waals surface area contributed by atoms with Crippen molar-refractivity contribution in [1.29, 1.82) is 0 Å². The van der Waals surface area contributed by atoms with E-state index in [2.05, 4.69) is 58.3 Å². The van der Waals surface area contributed by atoms with Crippen LogP contribution in [0.4, 0.5) is 0 Å². The molecule has 6 heteroatoms. The third kappa shape index (κ3) is 4.08. The Morgan fingerprint density at radius 3 is 2.05 bits per heavy atom. The maximum atomic E-state index is 13.5. The molecule has 208 valence electrons. The predicted octanol–water partition coefficient (Wildman–Crippen LogP) is 5.06. The van der Waals surface area contributed by atoms with Crippen LogP contribution in [0.2, 0.25) is 0 Å². The van der Waals surface area contributed by atoms with Crippen molar-refractivity contribution in [3.05, 3.63) is 90.6 Å². The lowest BCUT2D eigenvalue weighted by Gasteiger charge is -2.27. The lowest BCUT2D eigenvalue weighted by Crippen LogP contribution is -2.41. The molecule has 4 heterocycles. The maximum absolute atomic E-state index is 13.5. The number of rotatable bonds is 4. The van der Waals surface area contributed by atoms with E-state index in [9.17, 15) is 15.0 Å². The fraction of sp³-hybridized carbons (Fsp3) is 0.382. The van der Waals surface area contributed by atoms with Crippen LogP contribution in [-0.2, 0) is 18.3 Å². The fourth-order valence-corrected chi connectivity index (χ4v) is 6.44. The normalized spacial score (nSPS) is 22.6. The molecule has 6 nitrogen and oxygen atoms in total. The highest BCUT2D eigenvalue weighted by Gasteiger charge is 2.41. The summed E-state index contributed by atoms with van der Waals surface area (Å²) in [6, 6.07) is 0. The van der Waals surface area contributed by atoms with Gasteiger partial charge in [-0.2, -0.15) is 0 Å². The van der Waals surface area contributed by atoms with Crippen LogP contribution >= 0.6 is 0 Å². The van der Waals surface area contributed by atoms with Gasteiger partial charge in [-0.3, -0.25) is 4.79 Å². The number of hydrogen-bond acceptors (Lipinski definition) is 5. The molecule has 0 spiro atoms. The quantitative estimate of drug-likeness (QED) is 0.563. The zero-order valence-electron chi connectivity index (χ0n) is 24.9. The monoisotopic (exact) mass is 537 g/mol. The molecular formula is C34H39N3O3. The van der Waals surface area contributed by atoms with Crippen LogP contribution in [0, 0.1) is 6.92 Å². The number of ketones is 1. The van der Waals surface area contributed by atoms with Gasteiger partial charge in [0, 0.05) is 28.9 Å². The van der Waals surface area contributed by atoms with Gasteiger partial charge in [0.05, 0.1) is 22.8 Å². The van der Waals surface area contributed by atoms with E-state index in [-0.39, 0.29) is 5.76 Å². The Hall–Kier alpha value is -3.77. The summed E-state index contributed by atoms with van der Waals surface area (Å²) in [5.74, 6) is -0.894. The predicted molar refractivity (Wildman–Crippen MR) is 163 cm³/mol. The van der Waals surface area contributed by atoms with Crippen LogP contribution in [0.1, 0.15) is 71.9 Å². The molecule has 1 unspecified atom stereocenters. The highest BCUT2D eigenvalue weighted by molar-refractivity contribution is 6.24. The zero-order chi connectivity index (χ0) is 29.1. The van der Waals surface area contributed by atoms with Gasteiger partial charge in [0.25, 0.3) is 0 Å². The molecule has 0 amide bonds. The first-order valence-electron chi connectivity index (χ1n) is 14.3. The number of carbonyl (C=O) groups excluding carboxylic acids is 1. The van der Waals surface area contributed by atoms with Crippen LogP contribution in [0.5, 0.6) is 0 Å². The molecule has 0 aromatic carbocycles. The van der Waals surface area contributed by atoms with Crippen LogP contribution in [-0.4, -0.2) is 37.6 Å². The summed E-state index contributed by atoms with van der Waals surface area (Å²) in [5, 5.41) is 24.2. The van der Waals surface area contributed by atoms with Gasteiger partial charge < -0.3 is 14.8 Å². The molecule has 3 aliphatic heterocycles. The minimum Gasteiger partial charge on any atom is -0.508 e. The minimum atomic E-state index is -2.04. The lowest BCUT2D eigenvalue weighted by atomic mass is 9.83. The molecule has 2 N–H and O–H groups in total. The zero-order valence-corrected chi connectivity index (χ0v) is 24.9. The van der Waals surface area contributed by atoms with E-state index < -0.39 is 11.4 Å². The van der Waals surface area contributed by atoms with Gasteiger partial charge in [0.15, 0.2) is 5.60 Å². The van der Waals surface area contributed by atoms with Gasteiger partial charge in [-0.05, 0) is 110 Å². The topological polar surface area (TPSA) is 87.2 Å². The van der Waals surface area contributed by atoms with Gasteiger partial charge in [-0.1, -0.05) is 27.7 Å². The number of aliphatic hydroxyl groups is 2. The first-order chi connectivity index (χ1) is 19.0. The third-order valence-corrected chi connectivity index (χ3v) is 8.77. The second kappa shape index (κ2) is 10.0. The standard InChI is InChI=1S/C34H39N3O3/c1-9-22-18(5)26-16-28-24(11-3)25(12-4)29(36-28)17-30-19(6)23(10-2)31(37(30)8)15-21-13-20(14-27(22)35-26)32(38)34(7,40)33(21)39/h13-17,38,40H,9-12H2,1-8H3. The van der Waals surface area contributed by atoms with Gasteiger partial charge >= 0.3 is 0 Å². The van der Waals surface area contributed by atoms with Gasteiger partial charge in [0.1, 0.15) is 5.76 Å². The maximum Gasteiger partial charge on any atom is 0.201 e. The van der Waals surface area contributed by atoms with Gasteiger partial charge in [-0.25, -0.2) is 9.98 Å². The molecule has 0 saturated carbocycles. The SMILES string of the molecule is CCC1=C(C)C2=NC1=CC1=C(O)C(C)(O)C(=O)C(=C1)C=c1c(CC)c(C)c(n1C)=CC1=NC(=C2)C(CC)=C1CC. The molecule has 0 fully saturated rings. The highest BCUT2D eigenvalue weighted by Crippen LogP contribution is 2.36. The van der Waals surface area contributed by atoms with Crippen molar-refractivity contribution in [2.75, 3.05) is 0 Å². The highest BCUT2D eigenvalue weighted by atomic mass is 16.3. The summed E-state index contributed by atoms with van der Waals surface area (Å²) in [5.41, 5.74) is 9.04. The first-order valence-corrected chi connectivity index (χ1v) is 14.3. The van der Waals surface area contributed by atoms with Gasteiger partial charge in [0.2, 0.25) is 5.78 Å². The second-order valence-electron chi connectivity index (χ2n) is 11.1. The van der Waals surface area contributed by atoms with Gasteiger partial charge in [-0.15, -0.1) is 0 Å². The number of hydrogen-bond donors (Lipinski definition) is 2. The molecule has 40 heavy (non-hydrogen) atoms. The van der Waals surface area contributed by atoms with Crippen molar-refractivity contribution >= 4 is 29.4 Å². The molecule has 5 rings (SSSR count). The number of aromatic nitrogens is 1. The third-order valence-electron chi connectivity index (χ3n) is 8.77. The number of Topliss-reactive ketones (excluding diaryl/α,β-unsaturated/α-hetero) is 1. The summed E-state index contributed by atoms with van der Waals surface area (Å²) in [6.45, 7) is 14.1. The van der Waals surface area contributed by atoms with Crippen LogP contribution in [0.3, 0.4) is 0 Å². The summed E-state index contributed by atoms with van der Waals surface area (Å²) < 4.78 is 2.11. The number of nitrogens with zero attached hydrogens (tertiary/aromatic N) is 3. The van der Waals surface area contributed by atoms with Crippen molar-refractivity contribution in [3.63, 3.8) is 0 Å². The first kappa shape index (κ1) is 27.8. The molecule has 1 aromatic heterocycles. The van der Waals surface area contributed by atoms with E-state index >= 15 is 0 Å². The Morgan fingerprint density at radius 2 is 1.43 bits per heavy atom. The van der Waals surface area contributed by atoms with Crippen molar-refractivity contribution in [3.8, 4) is 0 Å². The molecule has 4 aliphatic rings. The van der Waals surface area contributed by atoms with Crippen molar-refractivity contribution in [1.82, 2.24) is 4.57 Å². The van der Waals surface area contributed by atoms with E-state index in [1.54, 1.807) is 12.2 Å². The Labute approximate surface area is 236 Å². The minimum absolute atomic E-state index is 0.340. The van der Waals surface area contributed by atoms with E-state index in [4.69, 9.17) is 9.98 Å². The van der Waals surface area contributed by atoms with E-state index in [0.717, 1.165) is 81.5 Å². The molecule has 1 aliphatic carbocycles. The van der Waals surface area contributed by atoms with Crippen LogP contribution in [0.15, 0.2) is 78.8 Å². The molecule has 0 saturated heterocycles. The fourth-order valence-electron chi connectivity index (χ4n) is 6.44. The largest absolute Gasteiger partial charge is 0.508 e. The van der Waals surface area contributed by atoms with Crippen LogP contribution in [0.25, 0.3) is 12.2 Å². The molecule has 1 atom stereocenters. The number of fused-ring (bicyclic) bond motifs is 5. The van der Waals surface area contributed by atoms with Crippen molar-refractivity contribution in [2.45, 2.75) is 79.8 Å². The number of carbonyl (C=O) groups is 1. The number of aliphatic imine (C=N–C) groups is 2. The Bertz CT molecular complexity index is 1740. The second-order valence-corrected chi connectivity index (χ2v) is 11.1. The Morgan fingerprint density at radius 1 is 0.800 bits per heavy atom. The molecule has 0 radical (unpaired) electrons. The molecular weight excluding hydrogens is 498 g/mol. The van der Waals surface area contributed by atoms with E-state index in [1.807, 2.05) is 13.1 Å². The summed E-state index contributed by atoms with van der Waals surface area (Å²) in [6.07, 6.45) is 12.8. The number of allylic oxidation sites excluding steroid dienone is 8.